The van der Waals surface area contributed by atoms with Gasteiger partial charge in [-0.2, -0.15) is 0 Å². The summed E-state index contributed by atoms with van der Waals surface area (Å²) in [6.07, 6.45) is 0. The maximum Gasteiger partial charge on any atom is 0.360 e. The summed E-state index contributed by atoms with van der Waals surface area (Å²) in [7, 11) is 2.65. The third-order valence-corrected chi connectivity index (χ3v) is 5.18. The Morgan fingerprint density at radius 1 is 1.17 bits per heavy atom. The Kier molecular flexibility index (Phi) is 7.13. The van der Waals surface area contributed by atoms with Crippen LogP contribution in [0.4, 0.5) is 0 Å². The molecule has 1 aromatic heterocycles. The zero-order valence-corrected chi connectivity index (χ0v) is 17.7. The number of hydrogen-bond donors (Lipinski definition) is 0. The maximum absolute atomic E-state index is 12.0. The topological polar surface area (TPSA) is 86.8 Å². The van der Waals surface area contributed by atoms with E-state index in [1.54, 1.807) is 30.3 Å². The van der Waals surface area contributed by atoms with Crippen LogP contribution in [0.5, 0.6) is 0 Å². The van der Waals surface area contributed by atoms with Crippen LogP contribution in [-0.2, 0) is 20.1 Å². The van der Waals surface area contributed by atoms with Gasteiger partial charge in [-0.1, -0.05) is 64.4 Å². The van der Waals surface area contributed by atoms with Crippen molar-refractivity contribution in [3.63, 3.8) is 0 Å². The van der Waals surface area contributed by atoms with E-state index in [0.717, 1.165) is 5.56 Å². The number of methoxy groups -OCH3 is 1. The molecule has 0 N–H and O–H groups in total. The van der Waals surface area contributed by atoms with Crippen molar-refractivity contribution in [3.05, 3.63) is 63.6 Å². The van der Waals surface area contributed by atoms with Crippen molar-refractivity contribution >= 4 is 46.6 Å². The van der Waals surface area contributed by atoms with Crippen molar-refractivity contribution in [1.29, 1.82) is 0 Å². The number of aromatic nitrogens is 2. The molecule has 0 saturated heterocycles. The van der Waals surface area contributed by atoms with Crippen LogP contribution in [0.15, 0.2) is 57.3 Å². The lowest BCUT2D eigenvalue weighted by Gasteiger charge is -2.09. The molecule has 0 aliphatic carbocycles. The molecule has 3 rings (SSSR count). The largest absolute Gasteiger partial charge is 0.464 e. The van der Waals surface area contributed by atoms with Crippen LogP contribution in [0, 0.1) is 0 Å². The fraction of sp³-hybridized carbons (Fsp3) is 0.158. The van der Waals surface area contributed by atoms with Gasteiger partial charge in [0.25, 0.3) is 5.22 Å². The van der Waals surface area contributed by atoms with Crippen molar-refractivity contribution in [1.82, 2.24) is 10.2 Å². The Balaban J connectivity index is 1.81. The van der Waals surface area contributed by atoms with Gasteiger partial charge < -0.3 is 14.0 Å². The van der Waals surface area contributed by atoms with E-state index < -0.39 is 5.97 Å². The van der Waals surface area contributed by atoms with Crippen LogP contribution in [0.2, 0.25) is 10.0 Å². The second-order valence-corrected chi connectivity index (χ2v) is 7.33. The Bertz CT molecular complexity index is 1060. The highest BCUT2D eigenvalue weighted by molar-refractivity contribution is 7.98. The molecule has 0 aliphatic heterocycles. The van der Waals surface area contributed by atoms with Gasteiger partial charge in [-0.15, -0.1) is 10.2 Å². The van der Waals surface area contributed by atoms with Crippen molar-refractivity contribution in [2.75, 3.05) is 14.2 Å². The first-order valence-electron chi connectivity index (χ1n) is 8.23. The summed E-state index contributed by atoms with van der Waals surface area (Å²) < 4.78 is 10.5. The quantitative estimate of drug-likeness (QED) is 0.219. The summed E-state index contributed by atoms with van der Waals surface area (Å²) >= 11 is 13.5. The number of carbonyl (C=O) groups excluding carboxylic acids is 1. The summed E-state index contributed by atoms with van der Waals surface area (Å²) in [5, 5.41) is 13.2. The Hall–Kier alpha value is -2.55. The molecule has 0 spiro atoms. The number of nitrogens with zero attached hydrogens (tertiary/aromatic N) is 3. The maximum atomic E-state index is 12.0. The number of rotatable bonds is 7. The van der Waals surface area contributed by atoms with E-state index in [4.69, 9.17) is 37.2 Å². The molecule has 10 heteroatoms. The van der Waals surface area contributed by atoms with Crippen LogP contribution in [-0.4, -0.2) is 36.1 Å². The molecule has 0 saturated carbocycles. The highest BCUT2D eigenvalue weighted by Gasteiger charge is 2.20. The lowest BCUT2D eigenvalue weighted by Crippen LogP contribution is -2.19. The fourth-order valence-electron chi connectivity index (χ4n) is 2.44. The highest BCUT2D eigenvalue weighted by Crippen LogP contribution is 2.32. The molecule has 0 aliphatic rings. The predicted octanol–water partition coefficient (Wildman–Crippen LogP) is 4.86. The Morgan fingerprint density at radius 3 is 2.72 bits per heavy atom. The summed E-state index contributed by atoms with van der Waals surface area (Å²) in [4.78, 5) is 16.8. The number of thioether (sulfide) groups is 1. The minimum absolute atomic E-state index is 0.0723. The standard InChI is InChI=1S/C19H15Cl2N3O4S/c1-26-18(25)16(24-27-2)13-6-4-3-5-11(13)10-29-19-23-22-17(28-19)14-9-12(20)7-8-15(14)21/h3-9H,10H2,1-2H3/b24-16+. The van der Waals surface area contributed by atoms with Gasteiger partial charge in [-0.05, 0) is 23.8 Å². The zero-order valence-electron chi connectivity index (χ0n) is 15.4. The summed E-state index contributed by atoms with van der Waals surface area (Å²) in [6, 6.07) is 12.3. The van der Waals surface area contributed by atoms with Crippen molar-refractivity contribution in [2.24, 2.45) is 5.16 Å². The van der Waals surface area contributed by atoms with Crippen molar-refractivity contribution < 1.29 is 18.8 Å². The minimum atomic E-state index is -0.597. The number of carbonyl (C=O) groups is 1. The zero-order chi connectivity index (χ0) is 20.8. The van der Waals surface area contributed by atoms with Crippen LogP contribution < -0.4 is 0 Å². The number of hydrogen-bond acceptors (Lipinski definition) is 8. The second-order valence-electron chi connectivity index (χ2n) is 5.56. The summed E-state index contributed by atoms with van der Waals surface area (Å²) in [5.41, 5.74) is 2.04. The molecule has 1 heterocycles. The van der Waals surface area contributed by atoms with E-state index in [1.807, 2.05) is 12.1 Å². The first-order valence-corrected chi connectivity index (χ1v) is 9.97. The third-order valence-electron chi connectivity index (χ3n) is 3.75. The van der Waals surface area contributed by atoms with E-state index in [9.17, 15) is 4.79 Å². The van der Waals surface area contributed by atoms with Crippen molar-refractivity contribution in [3.8, 4) is 11.5 Å². The average Bonchev–Trinajstić information content (AvgIpc) is 3.21. The Morgan fingerprint density at radius 2 is 1.97 bits per heavy atom. The number of oxime groups is 1. The SMILES string of the molecule is CO/N=C(/C(=O)OC)c1ccccc1CSc1nnc(-c2cc(Cl)ccc2Cl)o1. The molecular weight excluding hydrogens is 437 g/mol. The number of esters is 1. The highest BCUT2D eigenvalue weighted by atomic mass is 35.5. The van der Waals surface area contributed by atoms with Crippen LogP contribution in [0.3, 0.4) is 0 Å². The first kappa shape index (κ1) is 21.2. The lowest BCUT2D eigenvalue weighted by molar-refractivity contribution is -0.132. The summed E-state index contributed by atoms with van der Waals surface area (Å²) in [5.74, 6) is 0.116. The van der Waals surface area contributed by atoms with E-state index in [2.05, 4.69) is 15.4 Å². The van der Waals surface area contributed by atoms with Crippen LogP contribution in [0.25, 0.3) is 11.5 Å². The molecule has 0 atom stereocenters. The fourth-order valence-corrected chi connectivity index (χ4v) is 3.58. The van der Waals surface area contributed by atoms with Gasteiger partial charge in [0.05, 0.1) is 17.7 Å². The molecule has 150 valence electrons. The lowest BCUT2D eigenvalue weighted by atomic mass is 10.0. The third kappa shape index (κ3) is 5.09. The van der Waals surface area contributed by atoms with E-state index in [-0.39, 0.29) is 11.6 Å². The second kappa shape index (κ2) is 9.78. The number of ether oxygens (including phenoxy) is 1. The van der Waals surface area contributed by atoms with Gasteiger partial charge in [-0.3, -0.25) is 0 Å². The van der Waals surface area contributed by atoms with Gasteiger partial charge in [0.1, 0.15) is 7.11 Å². The molecule has 0 amide bonds. The van der Waals surface area contributed by atoms with E-state index >= 15 is 0 Å². The molecule has 0 fully saturated rings. The first-order chi connectivity index (χ1) is 14.0. The van der Waals surface area contributed by atoms with E-state index in [0.29, 0.717) is 32.1 Å². The minimum Gasteiger partial charge on any atom is -0.464 e. The molecule has 0 bridgehead atoms. The van der Waals surface area contributed by atoms with Gasteiger partial charge in [0.2, 0.25) is 5.89 Å². The number of benzene rings is 2. The molecule has 0 radical (unpaired) electrons. The van der Waals surface area contributed by atoms with Crippen LogP contribution >= 0.6 is 35.0 Å². The average molecular weight is 452 g/mol. The van der Waals surface area contributed by atoms with Crippen molar-refractivity contribution in [2.45, 2.75) is 11.0 Å². The monoisotopic (exact) mass is 451 g/mol. The van der Waals surface area contributed by atoms with E-state index in [1.165, 1.54) is 26.0 Å². The number of halogens is 2. The van der Waals surface area contributed by atoms with Gasteiger partial charge in [0, 0.05) is 16.3 Å². The van der Waals surface area contributed by atoms with Crippen LogP contribution in [0.1, 0.15) is 11.1 Å². The molecule has 7 nitrogen and oxygen atoms in total. The molecule has 3 aromatic rings. The summed E-state index contributed by atoms with van der Waals surface area (Å²) in [6.45, 7) is 0. The molecular formula is C19H15Cl2N3O4S. The normalized spacial score (nSPS) is 11.4. The molecule has 2 aromatic carbocycles. The van der Waals surface area contributed by atoms with Gasteiger partial charge >= 0.3 is 5.97 Å². The smallest absolute Gasteiger partial charge is 0.360 e. The molecule has 29 heavy (non-hydrogen) atoms. The molecule has 0 unspecified atom stereocenters. The predicted molar refractivity (Wildman–Crippen MR) is 111 cm³/mol. The Labute approximate surface area is 181 Å². The van der Waals surface area contributed by atoms with Gasteiger partial charge in [0.15, 0.2) is 5.71 Å². The van der Waals surface area contributed by atoms with Gasteiger partial charge in [-0.25, -0.2) is 4.79 Å².